The molecule has 0 bridgehead atoms. The van der Waals surface area contributed by atoms with Crippen molar-refractivity contribution in [1.29, 1.82) is 0 Å². The fraction of sp³-hybridized carbons (Fsp3) is 0.182. The standard InChI is InChI=1S/C22H22ClN/c1-17(16-18-12-14-21(23)15-13-18)24-22(19-8-4-2-5-9-19)20-10-6-3-7-11-20/h2-15,17,22,24H,16H2,1H3. The topological polar surface area (TPSA) is 12.0 Å². The highest BCUT2D eigenvalue weighted by molar-refractivity contribution is 6.30. The van der Waals surface area contributed by atoms with Gasteiger partial charge in [-0.05, 0) is 42.2 Å². The molecule has 0 amide bonds. The third kappa shape index (κ3) is 4.47. The number of hydrogen-bond donors (Lipinski definition) is 1. The van der Waals surface area contributed by atoms with Gasteiger partial charge in [0, 0.05) is 11.1 Å². The van der Waals surface area contributed by atoms with Gasteiger partial charge in [-0.3, -0.25) is 0 Å². The van der Waals surface area contributed by atoms with Gasteiger partial charge in [0.2, 0.25) is 0 Å². The summed E-state index contributed by atoms with van der Waals surface area (Å²) in [5, 5.41) is 4.56. The molecule has 122 valence electrons. The summed E-state index contributed by atoms with van der Waals surface area (Å²) >= 11 is 5.98. The van der Waals surface area contributed by atoms with Crippen molar-refractivity contribution in [3.05, 3.63) is 107 Å². The first-order valence-corrected chi connectivity index (χ1v) is 8.70. The first-order chi connectivity index (χ1) is 11.7. The van der Waals surface area contributed by atoms with Gasteiger partial charge in [-0.15, -0.1) is 0 Å². The van der Waals surface area contributed by atoms with Gasteiger partial charge in [0.15, 0.2) is 0 Å². The highest BCUT2D eigenvalue weighted by atomic mass is 35.5. The second kappa shape index (κ2) is 8.14. The van der Waals surface area contributed by atoms with Crippen molar-refractivity contribution >= 4 is 11.6 Å². The molecule has 1 nitrogen and oxygen atoms in total. The van der Waals surface area contributed by atoms with Gasteiger partial charge < -0.3 is 5.32 Å². The minimum atomic E-state index is 0.190. The summed E-state index contributed by atoms with van der Waals surface area (Å²) in [6, 6.07) is 29.9. The summed E-state index contributed by atoms with van der Waals surface area (Å²) in [7, 11) is 0. The van der Waals surface area contributed by atoms with Gasteiger partial charge in [0.25, 0.3) is 0 Å². The fourth-order valence-corrected chi connectivity index (χ4v) is 3.12. The molecule has 2 heteroatoms. The van der Waals surface area contributed by atoms with Crippen LogP contribution in [0, 0.1) is 0 Å². The molecule has 0 spiro atoms. The number of rotatable bonds is 6. The Hall–Kier alpha value is -2.09. The van der Waals surface area contributed by atoms with E-state index in [9.17, 15) is 0 Å². The van der Waals surface area contributed by atoms with Crippen LogP contribution in [0.15, 0.2) is 84.9 Å². The van der Waals surface area contributed by atoms with Gasteiger partial charge in [0.1, 0.15) is 0 Å². The van der Waals surface area contributed by atoms with Crippen LogP contribution in [-0.2, 0) is 6.42 Å². The highest BCUT2D eigenvalue weighted by Gasteiger charge is 2.16. The molecule has 0 radical (unpaired) electrons. The van der Waals surface area contributed by atoms with E-state index in [0.717, 1.165) is 11.4 Å². The van der Waals surface area contributed by atoms with Crippen LogP contribution in [0.4, 0.5) is 0 Å². The van der Waals surface area contributed by atoms with Crippen molar-refractivity contribution < 1.29 is 0 Å². The van der Waals surface area contributed by atoms with Crippen LogP contribution in [0.3, 0.4) is 0 Å². The molecule has 0 aliphatic heterocycles. The van der Waals surface area contributed by atoms with E-state index in [2.05, 4.69) is 85.0 Å². The Balaban J connectivity index is 1.77. The van der Waals surface area contributed by atoms with E-state index in [1.807, 2.05) is 12.1 Å². The van der Waals surface area contributed by atoms with Crippen molar-refractivity contribution in [2.75, 3.05) is 0 Å². The van der Waals surface area contributed by atoms with Gasteiger partial charge >= 0.3 is 0 Å². The van der Waals surface area contributed by atoms with Crippen LogP contribution >= 0.6 is 11.6 Å². The van der Waals surface area contributed by atoms with Crippen LogP contribution in [0.5, 0.6) is 0 Å². The lowest BCUT2D eigenvalue weighted by Crippen LogP contribution is -2.32. The third-order valence-corrected chi connectivity index (χ3v) is 4.42. The second-order valence-corrected chi connectivity index (χ2v) is 6.59. The summed E-state index contributed by atoms with van der Waals surface area (Å²) < 4.78 is 0. The molecule has 0 aliphatic carbocycles. The van der Waals surface area contributed by atoms with Crippen LogP contribution in [0.1, 0.15) is 29.7 Å². The number of halogens is 1. The zero-order valence-electron chi connectivity index (χ0n) is 13.8. The zero-order chi connectivity index (χ0) is 16.8. The molecule has 24 heavy (non-hydrogen) atoms. The fourth-order valence-electron chi connectivity index (χ4n) is 2.99. The molecule has 1 atom stereocenters. The zero-order valence-corrected chi connectivity index (χ0v) is 14.6. The Morgan fingerprint density at radius 2 is 1.25 bits per heavy atom. The lowest BCUT2D eigenvalue weighted by atomic mass is 9.97. The Kier molecular flexibility index (Phi) is 5.68. The van der Waals surface area contributed by atoms with Crippen molar-refractivity contribution in [3.63, 3.8) is 0 Å². The van der Waals surface area contributed by atoms with E-state index in [1.54, 1.807) is 0 Å². The molecule has 0 heterocycles. The molecule has 0 fully saturated rings. The predicted molar refractivity (Wildman–Crippen MR) is 102 cm³/mol. The van der Waals surface area contributed by atoms with Crippen molar-refractivity contribution in [2.45, 2.75) is 25.4 Å². The molecule has 0 saturated heterocycles. The number of benzene rings is 3. The smallest absolute Gasteiger partial charge is 0.0578 e. The maximum absolute atomic E-state index is 5.98. The van der Waals surface area contributed by atoms with Gasteiger partial charge in [-0.1, -0.05) is 84.4 Å². The summed E-state index contributed by atoms with van der Waals surface area (Å²) in [5.41, 5.74) is 3.86. The quantitative estimate of drug-likeness (QED) is 0.613. The summed E-state index contributed by atoms with van der Waals surface area (Å²) in [6.45, 7) is 2.23. The Morgan fingerprint density at radius 3 is 1.75 bits per heavy atom. The number of nitrogens with one attached hydrogen (secondary N) is 1. The van der Waals surface area contributed by atoms with Crippen LogP contribution in [-0.4, -0.2) is 6.04 Å². The summed E-state index contributed by atoms with van der Waals surface area (Å²) in [6.07, 6.45) is 0.966. The van der Waals surface area contributed by atoms with E-state index in [1.165, 1.54) is 16.7 Å². The maximum atomic E-state index is 5.98. The monoisotopic (exact) mass is 335 g/mol. The van der Waals surface area contributed by atoms with E-state index < -0.39 is 0 Å². The first-order valence-electron chi connectivity index (χ1n) is 8.33. The molecular formula is C22H22ClN. The molecule has 1 unspecified atom stereocenters. The summed E-state index contributed by atoms with van der Waals surface area (Å²) in [5.74, 6) is 0. The molecule has 0 aliphatic rings. The molecule has 3 rings (SSSR count). The average molecular weight is 336 g/mol. The molecule has 3 aromatic carbocycles. The minimum absolute atomic E-state index is 0.190. The second-order valence-electron chi connectivity index (χ2n) is 6.15. The first kappa shape index (κ1) is 16.8. The predicted octanol–water partition coefficient (Wildman–Crippen LogP) is 5.65. The maximum Gasteiger partial charge on any atom is 0.0578 e. The lowest BCUT2D eigenvalue weighted by Gasteiger charge is -2.24. The molecular weight excluding hydrogens is 314 g/mol. The normalized spacial score (nSPS) is 12.3. The highest BCUT2D eigenvalue weighted by Crippen LogP contribution is 2.23. The average Bonchev–Trinajstić information content (AvgIpc) is 2.63. The van der Waals surface area contributed by atoms with E-state index in [-0.39, 0.29) is 6.04 Å². The van der Waals surface area contributed by atoms with Gasteiger partial charge in [-0.25, -0.2) is 0 Å². The largest absolute Gasteiger partial charge is 0.303 e. The van der Waals surface area contributed by atoms with Crippen molar-refractivity contribution in [2.24, 2.45) is 0 Å². The Labute approximate surface area is 149 Å². The van der Waals surface area contributed by atoms with Crippen LogP contribution in [0.25, 0.3) is 0 Å². The van der Waals surface area contributed by atoms with Crippen LogP contribution < -0.4 is 5.32 Å². The van der Waals surface area contributed by atoms with Gasteiger partial charge in [-0.2, -0.15) is 0 Å². The third-order valence-electron chi connectivity index (χ3n) is 4.17. The van der Waals surface area contributed by atoms with Gasteiger partial charge in [0.05, 0.1) is 6.04 Å². The number of hydrogen-bond acceptors (Lipinski definition) is 1. The molecule has 3 aromatic rings. The summed E-state index contributed by atoms with van der Waals surface area (Å²) in [4.78, 5) is 0. The Bertz CT molecular complexity index is 698. The van der Waals surface area contributed by atoms with E-state index in [0.29, 0.717) is 6.04 Å². The van der Waals surface area contributed by atoms with Crippen LogP contribution in [0.2, 0.25) is 5.02 Å². The van der Waals surface area contributed by atoms with E-state index in [4.69, 9.17) is 11.6 Å². The molecule has 0 aromatic heterocycles. The van der Waals surface area contributed by atoms with Crippen molar-refractivity contribution in [3.8, 4) is 0 Å². The molecule has 0 saturated carbocycles. The SMILES string of the molecule is CC(Cc1ccc(Cl)cc1)NC(c1ccccc1)c1ccccc1. The molecule has 1 N–H and O–H groups in total. The van der Waals surface area contributed by atoms with Crippen molar-refractivity contribution in [1.82, 2.24) is 5.32 Å². The Morgan fingerprint density at radius 1 is 0.750 bits per heavy atom. The van der Waals surface area contributed by atoms with E-state index >= 15 is 0 Å². The lowest BCUT2D eigenvalue weighted by molar-refractivity contribution is 0.496. The minimum Gasteiger partial charge on any atom is -0.303 e.